The van der Waals surface area contributed by atoms with Gasteiger partial charge in [0, 0.05) is 18.7 Å². The van der Waals surface area contributed by atoms with Crippen molar-refractivity contribution in [2.75, 3.05) is 18.1 Å². The summed E-state index contributed by atoms with van der Waals surface area (Å²) in [5, 5.41) is 9.24. The summed E-state index contributed by atoms with van der Waals surface area (Å²) < 4.78 is 4.78. The minimum absolute atomic E-state index is 0.00305. The topological polar surface area (TPSA) is 83.9 Å². The maximum atomic E-state index is 12.2. The predicted octanol–water partition coefficient (Wildman–Crippen LogP) is 1.54. The van der Waals surface area contributed by atoms with Gasteiger partial charge in [-0.3, -0.25) is 14.4 Å². The molecular weight excluding hydrogens is 274 g/mol. The van der Waals surface area contributed by atoms with Crippen LogP contribution in [0.1, 0.15) is 31.2 Å². The van der Waals surface area contributed by atoms with Gasteiger partial charge in [-0.05, 0) is 18.6 Å². The summed E-state index contributed by atoms with van der Waals surface area (Å²) in [6, 6.07) is 6.95. The fourth-order valence-corrected chi connectivity index (χ4v) is 2.43. The number of carboxylic acids is 1. The summed E-state index contributed by atoms with van der Waals surface area (Å²) in [6.07, 6.45) is 0.0165. The van der Waals surface area contributed by atoms with Crippen LogP contribution in [0.15, 0.2) is 24.3 Å². The van der Waals surface area contributed by atoms with Crippen molar-refractivity contribution in [3.05, 3.63) is 29.8 Å². The molecule has 1 aromatic rings. The van der Waals surface area contributed by atoms with Gasteiger partial charge in [0.05, 0.1) is 13.0 Å². The lowest BCUT2D eigenvalue weighted by Gasteiger charge is -2.17. The third kappa shape index (κ3) is 3.21. The molecule has 0 bridgehead atoms. The average Bonchev–Trinajstić information content (AvgIpc) is 2.85. The van der Waals surface area contributed by atoms with Crippen molar-refractivity contribution < 1.29 is 24.2 Å². The highest BCUT2D eigenvalue weighted by Gasteiger charge is 2.36. The minimum atomic E-state index is -0.955. The summed E-state index contributed by atoms with van der Waals surface area (Å²) in [6.45, 7) is 2.09. The van der Waals surface area contributed by atoms with Gasteiger partial charge in [0.15, 0.2) is 0 Å². The van der Waals surface area contributed by atoms with Crippen LogP contribution in [0.4, 0.5) is 5.69 Å². The second-order valence-corrected chi connectivity index (χ2v) is 4.76. The van der Waals surface area contributed by atoms with Crippen LogP contribution in [0.3, 0.4) is 0 Å². The van der Waals surface area contributed by atoms with E-state index in [0.29, 0.717) is 11.3 Å². The molecule has 2 rings (SSSR count). The molecule has 1 atom stereocenters. The van der Waals surface area contributed by atoms with Crippen LogP contribution in [0.5, 0.6) is 0 Å². The Labute approximate surface area is 122 Å². The highest BCUT2D eigenvalue weighted by atomic mass is 16.5. The van der Waals surface area contributed by atoms with E-state index >= 15 is 0 Å². The van der Waals surface area contributed by atoms with E-state index in [4.69, 9.17) is 4.74 Å². The van der Waals surface area contributed by atoms with Crippen LogP contribution in [0.25, 0.3) is 0 Å². The predicted molar refractivity (Wildman–Crippen MR) is 75.0 cm³/mol. The number of amides is 1. The van der Waals surface area contributed by atoms with Gasteiger partial charge in [-0.2, -0.15) is 0 Å². The van der Waals surface area contributed by atoms with E-state index in [2.05, 4.69) is 0 Å². The molecule has 1 aliphatic heterocycles. The maximum Gasteiger partial charge on any atom is 0.312 e. The standard InChI is InChI=1S/C15H17NO5/c1-2-21-14(18)8-7-13(17)16-9-11(15(19)20)10-5-3-4-6-12(10)16/h3-6,11H,2,7-9H2,1H3,(H,19,20). The van der Waals surface area contributed by atoms with Crippen molar-refractivity contribution >= 4 is 23.5 Å². The van der Waals surface area contributed by atoms with Crippen LogP contribution in [-0.4, -0.2) is 36.1 Å². The molecule has 0 aliphatic carbocycles. The molecule has 0 saturated heterocycles. The SMILES string of the molecule is CCOC(=O)CCC(=O)N1CC(C(=O)O)c2ccccc21. The molecule has 1 aromatic carbocycles. The number of fused-ring (bicyclic) bond motifs is 1. The van der Waals surface area contributed by atoms with Gasteiger partial charge in [0.1, 0.15) is 5.92 Å². The van der Waals surface area contributed by atoms with Gasteiger partial charge in [0.25, 0.3) is 0 Å². The van der Waals surface area contributed by atoms with E-state index in [0.717, 1.165) is 0 Å². The first-order valence-corrected chi connectivity index (χ1v) is 6.82. The third-order valence-corrected chi connectivity index (χ3v) is 3.42. The highest BCUT2D eigenvalue weighted by Crippen LogP contribution is 2.36. The zero-order chi connectivity index (χ0) is 15.4. The van der Waals surface area contributed by atoms with Crippen molar-refractivity contribution in [1.29, 1.82) is 0 Å². The van der Waals surface area contributed by atoms with Crippen molar-refractivity contribution in [3.63, 3.8) is 0 Å². The molecule has 1 heterocycles. The molecule has 1 unspecified atom stereocenters. The Morgan fingerprint density at radius 1 is 1.29 bits per heavy atom. The molecular formula is C15H17NO5. The first-order valence-electron chi connectivity index (χ1n) is 6.82. The number of anilines is 1. The Bertz CT molecular complexity index is 569. The lowest BCUT2D eigenvalue weighted by Crippen LogP contribution is -2.31. The van der Waals surface area contributed by atoms with Crippen LogP contribution >= 0.6 is 0 Å². The van der Waals surface area contributed by atoms with Crippen LogP contribution in [0.2, 0.25) is 0 Å². The number of ether oxygens (including phenoxy) is 1. The summed E-state index contributed by atoms with van der Waals surface area (Å²) in [7, 11) is 0. The minimum Gasteiger partial charge on any atom is -0.481 e. The number of hydrogen-bond donors (Lipinski definition) is 1. The molecule has 0 radical (unpaired) electrons. The molecule has 0 spiro atoms. The molecule has 0 aromatic heterocycles. The second kappa shape index (κ2) is 6.39. The highest BCUT2D eigenvalue weighted by molar-refractivity contribution is 5.99. The molecule has 6 nitrogen and oxygen atoms in total. The number of carbonyl (C=O) groups is 3. The van der Waals surface area contributed by atoms with E-state index in [9.17, 15) is 19.5 Å². The van der Waals surface area contributed by atoms with E-state index in [1.54, 1.807) is 31.2 Å². The normalized spacial score (nSPS) is 16.4. The number of aliphatic carboxylic acids is 1. The van der Waals surface area contributed by atoms with E-state index in [1.807, 2.05) is 0 Å². The fourth-order valence-electron chi connectivity index (χ4n) is 2.43. The number of para-hydroxylation sites is 1. The third-order valence-electron chi connectivity index (χ3n) is 3.42. The summed E-state index contributed by atoms with van der Waals surface area (Å²) in [5.74, 6) is -2.36. The van der Waals surface area contributed by atoms with Gasteiger partial charge >= 0.3 is 11.9 Å². The van der Waals surface area contributed by atoms with E-state index in [1.165, 1.54) is 4.90 Å². The van der Waals surface area contributed by atoms with Crippen LogP contribution in [-0.2, 0) is 19.1 Å². The van der Waals surface area contributed by atoms with Crippen molar-refractivity contribution in [2.45, 2.75) is 25.7 Å². The largest absolute Gasteiger partial charge is 0.481 e. The summed E-state index contributed by atoms with van der Waals surface area (Å²) in [4.78, 5) is 36.2. The monoisotopic (exact) mass is 291 g/mol. The molecule has 112 valence electrons. The van der Waals surface area contributed by atoms with Gasteiger partial charge < -0.3 is 14.7 Å². The fraction of sp³-hybridized carbons (Fsp3) is 0.400. The number of hydrogen-bond acceptors (Lipinski definition) is 4. The Kier molecular flexibility index (Phi) is 4.57. The maximum absolute atomic E-state index is 12.2. The smallest absolute Gasteiger partial charge is 0.312 e. The van der Waals surface area contributed by atoms with Crippen molar-refractivity contribution in [1.82, 2.24) is 0 Å². The molecule has 1 aliphatic rings. The van der Waals surface area contributed by atoms with E-state index < -0.39 is 17.9 Å². The number of nitrogens with zero attached hydrogens (tertiary/aromatic N) is 1. The van der Waals surface area contributed by atoms with Gasteiger partial charge in [-0.1, -0.05) is 18.2 Å². The lowest BCUT2D eigenvalue weighted by atomic mass is 10.0. The van der Waals surface area contributed by atoms with Crippen molar-refractivity contribution in [3.8, 4) is 0 Å². The molecule has 0 fully saturated rings. The number of benzene rings is 1. The Balaban J connectivity index is 2.09. The zero-order valence-electron chi connectivity index (χ0n) is 11.7. The summed E-state index contributed by atoms with van der Waals surface area (Å²) in [5.41, 5.74) is 1.24. The number of carboxylic acid groups (broad SMARTS) is 1. The summed E-state index contributed by atoms with van der Waals surface area (Å²) >= 11 is 0. The number of rotatable bonds is 5. The van der Waals surface area contributed by atoms with Crippen molar-refractivity contribution in [2.24, 2.45) is 0 Å². The van der Waals surface area contributed by atoms with Gasteiger partial charge in [-0.25, -0.2) is 0 Å². The lowest BCUT2D eigenvalue weighted by molar-refractivity contribution is -0.144. The Morgan fingerprint density at radius 2 is 2.00 bits per heavy atom. The van der Waals surface area contributed by atoms with Gasteiger partial charge in [0.2, 0.25) is 5.91 Å². The van der Waals surface area contributed by atoms with Gasteiger partial charge in [-0.15, -0.1) is 0 Å². The molecule has 1 N–H and O–H groups in total. The zero-order valence-corrected chi connectivity index (χ0v) is 11.7. The average molecular weight is 291 g/mol. The van der Waals surface area contributed by atoms with E-state index in [-0.39, 0.29) is 31.9 Å². The number of carbonyl (C=O) groups excluding carboxylic acids is 2. The molecule has 0 saturated carbocycles. The molecule has 6 heteroatoms. The Morgan fingerprint density at radius 3 is 2.67 bits per heavy atom. The quantitative estimate of drug-likeness (QED) is 0.832. The number of esters is 1. The molecule has 1 amide bonds. The van der Waals surface area contributed by atoms with Crippen LogP contribution < -0.4 is 4.90 Å². The second-order valence-electron chi connectivity index (χ2n) is 4.76. The first-order chi connectivity index (χ1) is 10.0. The first kappa shape index (κ1) is 15.0. The Hall–Kier alpha value is -2.37. The molecule has 21 heavy (non-hydrogen) atoms. The van der Waals surface area contributed by atoms with Crippen LogP contribution in [0, 0.1) is 0 Å².